The molecule has 0 bridgehead atoms. The highest BCUT2D eigenvalue weighted by Crippen LogP contribution is 2.47. The molecule has 3 aliphatic heterocycles. The second kappa shape index (κ2) is 19.0. The Kier molecular flexibility index (Phi) is 11.4. The molecule has 4 aliphatic rings. The lowest BCUT2D eigenvalue weighted by atomic mass is 9.34. The molecular formula is C66H50B2N4O2. The zero-order valence-electron chi connectivity index (χ0n) is 40.8. The van der Waals surface area contributed by atoms with Gasteiger partial charge in [0, 0.05) is 75.0 Å². The summed E-state index contributed by atoms with van der Waals surface area (Å²) in [5, 5.41) is 0. The van der Waals surface area contributed by atoms with E-state index in [4.69, 9.17) is 16.1 Å². The maximum absolute atomic E-state index is 7.39. The summed E-state index contributed by atoms with van der Waals surface area (Å²) in [5.41, 5.74) is 16.2. The molecule has 1 unspecified atom stereocenters. The van der Waals surface area contributed by atoms with E-state index in [9.17, 15) is 0 Å². The number of anilines is 10. The van der Waals surface area contributed by atoms with Gasteiger partial charge in [0.05, 0.1) is 17.4 Å². The minimum Gasteiger partial charge on any atom is -0.470 e. The van der Waals surface area contributed by atoms with E-state index in [1.54, 1.807) is 0 Å². The Morgan fingerprint density at radius 3 is 1.76 bits per heavy atom. The highest BCUT2D eigenvalue weighted by atomic mass is 16.5. The molecule has 352 valence electrons. The number of ether oxygens (including phenoxy) is 2. The minimum absolute atomic E-state index is 0.0437. The van der Waals surface area contributed by atoms with Crippen molar-refractivity contribution < 1.29 is 9.47 Å². The first kappa shape index (κ1) is 44.5. The molecule has 74 heavy (non-hydrogen) atoms. The third kappa shape index (κ3) is 7.79. The van der Waals surface area contributed by atoms with E-state index in [-0.39, 0.29) is 19.5 Å². The van der Waals surface area contributed by atoms with E-state index >= 15 is 0 Å². The Hall–Kier alpha value is -9.39. The molecule has 0 N–H and O–H groups in total. The van der Waals surface area contributed by atoms with Crippen molar-refractivity contribution in [2.45, 2.75) is 12.5 Å². The van der Waals surface area contributed by atoms with Gasteiger partial charge in [0.25, 0.3) is 0 Å². The zero-order valence-corrected chi connectivity index (χ0v) is 40.8. The minimum atomic E-state index is -0.272. The lowest BCUT2D eigenvalue weighted by Gasteiger charge is -2.41. The molecule has 0 saturated carbocycles. The van der Waals surface area contributed by atoms with Crippen LogP contribution in [0.4, 0.5) is 56.9 Å². The van der Waals surface area contributed by atoms with E-state index in [2.05, 4.69) is 263 Å². The van der Waals surface area contributed by atoms with Gasteiger partial charge in [-0.1, -0.05) is 170 Å². The van der Waals surface area contributed by atoms with Gasteiger partial charge in [-0.2, -0.15) is 0 Å². The number of fused-ring (bicyclic) bond motifs is 4. The molecular weight excluding hydrogens is 902 g/mol. The van der Waals surface area contributed by atoms with Crippen molar-refractivity contribution in [3.8, 4) is 17.2 Å². The van der Waals surface area contributed by atoms with Crippen LogP contribution in [0, 0.1) is 0 Å². The number of benzene rings is 9. The summed E-state index contributed by atoms with van der Waals surface area (Å²) in [5.74, 6) is 2.31. The molecule has 8 heteroatoms. The van der Waals surface area contributed by atoms with Gasteiger partial charge in [-0.3, -0.25) is 0 Å². The maximum Gasteiger partial charge on any atom is 0.302 e. The van der Waals surface area contributed by atoms with Crippen molar-refractivity contribution in [2.24, 2.45) is 0 Å². The van der Waals surface area contributed by atoms with Crippen LogP contribution in [0.2, 0.25) is 0 Å². The molecule has 0 fully saturated rings. The van der Waals surface area contributed by atoms with Crippen molar-refractivity contribution >= 4 is 92.2 Å². The largest absolute Gasteiger partial charge is 0.470 e. The predicted octanol–water partition coefficient (Wildman–Crippen LogP) is 14.2. The summed E-state index contributed by atoms with van der Waals surface area (Å²) in [6.45, 7) is 8.61. The van der Waals surface area contributed by atoms with Crippen LogP contribution in [0.1, 0.15) is 6.42 Å². The molecule has 3 heterocycles. The smallest absolute Gasteiger partial charge is 0.302 e. The van der Waals surface area contributed by atoms with E-state index in [0.717, 1.165) is 114 Å². The molecule has 0 aromatic heterocycles. The van der Waals surface area contributed by atoms with E-state index < -0.39 is 0 Å². The van der Waals surface area contributed by atoms with Crippen molar-refractivity contribution in [1.29, 1.82) is 0 Å². The van der Waals surface area contributed by atoms with Gasteiger partial charge in [0.15, 0.2) is 0 Å². The van der Waals surface area contributed by atoms with Crippen LogP contribution in [0.15, 0.2) is 285 Å². The number of hydrogen-bond donors (Lipinski definition) is 0. The van der Waals surface area contributed by atoms with E-state index in [0.29, 0.717) is 0 Å². The van der Waals surface area contributed by atoms with Gasteiger partial charge in [-0.15, -0.1) is 6.58 Å². The predicted molar refractivity (Wildman–Crippen MR) is 311 cm³/mol. The SMILES string of the molecule is C=CC(=C)B1c2ccccc2N(c2ccccc2)c2cc(N(c3ccccc3)C3C=CC=CC3)cc(N(/C=C3/Oc4cc(N(c5ccccc5)c5ccccc5)cc5c4B3c3ccccc3O5)c3ccccc3)c21. The average Bonchev–Trinajstić information content (AvgIpc) is 3.84. The number of rotatable bonds is 12. The highest BCUT2D eigenvalue weighted by molar-refractivity contribution is 6.95. The van der Waals surface area contributed by atoms with Gasteiger partial charge < -0.3 is 29.1 Å². The molecule has 0 saturated heterocycles. The van der Waals surface area contributed by atoms with Crippen LogP contribution in [0.3, 0.4) is 0 Å². The molecule has 1 aliphatic carbocycles. The summed E-state index contributed by atoms with van der Waals surface area (Å²) >= 11 is 0. The van der Waals surface area contributed by atoms with E-state index in [1.165, 1.54) is 0 Å². The lowest BCUT2D eigenvalue weighted by molar-refractivity contribution is 0.467. The average molecular weight is 953 g/mol. The number of allylic oxidation sites excluding steroid dienone is 4. The first-order valence-corrected chi connectivity index (χ1v) is 25.3. The van der Waals surface area contributed by atoms with Crippen LogP contribution in [-0.4, -0.2) is 19.5 Å². The summed E-state index contributed by atoms with van der Waals surface area (Å²) in [6.07, 6.45) is 13.9. The Bertz CT molecular complexity index is 3640. The van der Waals surface area contributed by atoms with Crippen LogP contribution in [0.5, 0.6) is 17.2 Å². The van der Waals surface area contributed by atoms with Gasteiger partial charge in [0.2, 0.25) is 6.71 Å². The Morgan fingerprint density at radius 1 is 0.527 bits per heavy atom. The Balaban J connectivity index is 1.08. The fraction of sp³-hybridized carbons (Fsp3) is 0.0303. The molecule has 0 spiro atoms. The molecule has 13 rings (SSSR count). The summed E-state index contributed by atoms with van der Waals surface area (Å²) in [4.78, 5) is 9.52. The Morgan fingerprint density at radius 2 is 1.11 bits per heavy atom. The molecule has 9 aromatic rings. The third-order valence-electron chi connectivity index (χ3n) is 14.6. The van der Waals surface area contributed by atoms with Crippen LogP contribution < -0.4 is 50.9 Å². The van der Waals surface area contributed by atoms with Crippen molar-refractivity contribution in [3.05, 3.63) is 285 Å². The number of para-hydroxylation sites is 7. The van der Waals surface area contributed by atoms with Crippen molar-refractivity contribution in [2.75, 3.05) is 19.6 Å². The fourth-order valence-corrected chi connectivity index (χ4v) is 11.3. The highest BCUT2D eigenvalue weighted by Gasteiger charge is 2.45. The van der Waals surface area contributed by atoms with Crippen LogP contribution in [-0.2, 0) is 0 Å². The van der Waals surface area contributed by atoms with E-state index in [1.807, 2.05) is 24.3 Å². The molecule has 1 atom stereocenters. The summed E-state index contributed by atoms with van der Waals surface area (Å²) in [6, 6.07) is 79.3. The maximum atomic E-state index is 7.39. The second-order valence-corrected chi connectivity index (χ2v) is 18.9. The first-order valence-electron chi connectivity index (χ1n) is 25.3. The normalized spacial score (nSPS) is 15.0. The monoisotopic (exact) mass is 952 g/mol. The summed E-state index contributed by atoms with van der Waals surface area (Å²) in [7, 11) is 0. The van der Waals surface area contributed by atoms with Gasteiger partial charge >= 0.3 is 6.71 Å². The van der Waals surface area contributed by atoms with Gasteiger partial charge in [0.1, 0.15) is 17.2 Å². The van der Waals surface area contributed by atoms with Crippen LogP contribution in [0.25, 0.3) is 0 Å². The lowest BCUT2D eigenvalue weighted by Crippen LogP contribution is -2.52. The van der Waals surface area contributed by atoms with Crippen LogP contribution >= 0.6 is 0 Å². The quantitative estimate of drug-likeness (QED) is 0.0896. The summed E-state index contributed by atoms with van der Waals surface area (Å²) < 4.78 is 14.3. The standard InChI is InChI=1S/C66H50B2N4O2/c1-3-47(2)67-56-38-22-24-40-58(56)72(53-36-20-9-21-37-53)60-43-54(70(49-28-12-5-13-29-49)50-30-14-6-15-31-50)42-59(65(60)67)69(48-26-10-4-11-27-48)46-64-68-57-39-23-25-41-61(57)73-62-44-55(45-63(74-64)66(62)68)71(51-32-16-7-17-33-51)52-34-18-8-19-35-52/h3-30,32-46,50H,1-2,31H2/b64-46+. The topological polar surface area (TPSA) is 31.4 Å². The molecule has 0 amide bonds. The first-order chi connectivity index (χ1) is 36.6. The third-order valence-corrected chi connectivity index (χ3v) is 14.6. The van der Waals surface area contributed by atoms with Gasteiger partial charge in [-0.05, 0) is 108 Å². The van der Waals surface area contributed by atoms with Crippen molar-refractivity contribution in [3.63, 3.8) is 0 Å². The zero-order chi connectivity index (χ0) is 49.5. The fourth-order valence-electron chi connectivity index (χ4n) is 11.3. The molecule has 0 radical (unpaired) electrons. The number of hydrogen-bond acceptors (Lipinski definition) is 6. The molecule has 6 nitrogen and oxygen atoms in total. The number of nitrogens with zero attached hydrogens (tertiary/aromatic N) is 4. The Labute approximate surface area is 434 Å². The van der Waals surface area contributed by atoms with Crippen molar-refractivity contribution in [1.82, 2.24) is 0 Å². The second-order valence-electron chi connectivity index (χ2n) is 18.9. The van der Waals surface area contributed by atoms with Gasteiger partial charge in [-0.25, -0.2) is 0 Å². The molecule has 9 aromatic carbocycles.